The van der Waals surface area contributed by atoms with Crippen molar-refractivity contribution >= 4 is 17.9 Å². The summed E-state index contributed by atoms with van der Waals surface area (Å²) < 4.78 is 17.2. The molecule has 0 radical (unpaired) electrons. The van der Waals surface area contributed by atoms with E-state index in [0.29, 0.717) is 12.8 Å². The number of esters is 2. The van der Waals surface area contributed by atoms with E-state index in [2.05, 4.69) is 80.7 Å². The number of quaternary nitrogens is 1. The quantitative estimate of drug-likeness (QED) is 0.0198. The Bertz CT molecular complexity index is 1210. The van der Waals surface area contributed by atoms with E-state index in [4.69, 9.17) is 14.2 Å². The average molecular weight is 840 g/mol. The van der Waals surface area contributed by atoms with Crippen LogP contribution in [0, 0.1) is 0 Å². The van der Waals surface area contributed by atoms with Crippen LogP contribution >= 0.6 is 0 Å². The van der Waals surface area contributed by atoms with Gasteiger partial charge in [-0.05, 0) is 64.2 Å². The molecule has 0 bridgehead atoms. The predicted octanol–water partition coefficient (Wildman–Crippen LogP) is 12.2. The van der Waals surface area contributed by atoms with Crippen molar-refractivity contribution in [2.75, 3.05) is 41.0 Å². The van der Waals surface area contributed by atoms with E-state index in [0.717, 1.165) is 83.5 Å². The van der Waals surface area contributed by atoms with Crippen molar-refractivity contribution in [2.24, 2.45) is 0 Å². The minimum atomic E-state index is -1.13. The van der Waals surface area contributed by atoms with Crippen LogP contribution in [0.1, 0.15) is 187 Å². The number of unbranched alkanes of at least 4 members (excludes halogenated alkanes) is 18. The molecule has 60 heavy (non-hydrogen) atoms. The first-order chi connectivity index (χ1) is 29.1. The second-order valence-electron chi connectivity index (χ2n) is 17.0. The molecule has 0 spiro atoms. The first kappa shape index (κ1) is 56.8. The molecule has 8 heteroatoms. The van der Waals surface area contributed by atoms with Crippen LogP contribution in [0.5, 0.6) is 0 Å². The normalized spacial score (nSPS) is 13.6. The van der Waals surface area contributed by atoms with Crippen LogP contribution in [0.3, 0.4) is 0 Å². The van der Waals surface area contributed by atoms with Gasteiger partial charge in [0, 0.05) is 19.3 Å². The fourth-order valence-corrected chi connectivity index (χ4v) is 6.73. The van der Waals surface area contributed by atoms with Crippen LogP contribution in [0.4, 0.5) is 0 Å². The fraction of sp³-hybridized carbons (Fsp3) is 0.712. The third kappa shape index (κ3) is 40.2. The molecule has 0 amide bonds. The van der Waals surface area contributed by atoms with Crippen LogP contribution in [-0.4, -0.2) is 75.5 Å². The van der Waals surface area contributed by atoms with Crippen molar-refractivity contribution in [3.63, 3.8) is 0 Å². The number of allylic oxidation sites excluding steroid dienone is 12. The maximum absolute atomic E-state index is 12.8. The molecule has 0 N–H and O–H groups in total. The van der Waals surface area contributed by atoms with Crippen molar-refractivity contribution in [3.05, 3.63) is 72.9 Å². The number of ether oxygens (including phenoxy) is 3. The molecule has 0 aliphatic carbocycles. The Labute approximate surface area is 368 Å². The summed E-state index contributed by atoms with van der Waals surface area (Å²) >= 11 is 0. The summed E-state index contributed by atoms with van der Waals surface area (Å²) in [6.45, 7) is 4.40. The topological polar surface area (TPSA) is 102 Å². The van der Waals surface area contributed by atoms with Gasteiger partial charge in [-0.3, -0.25) is 9.59 Å². The van der Waals surface area contributed by atoms with Gasteiger partial charge in [0.05, 0.1) is 40.3 Å². The molecule has 0 saturated carbocycles. The van der Waals surface area contributed by atoms with Gasteiger partial charge in [0.25, 0.3) is 0 Å². The van der Waals surface area contributed by atoms with Crippen molar-refractivity contribution in [1.82, 2.24) is 0 Å². The molecule has 344 valence electrons. The highest BCUT2D eigenvalue weighted by Gasteiger charge is 2.25. The summed E-state index contributed by atoms with van der Waals surface area (Å²) in [6.07, 6.45) is 53.6. The minimum Gasteiger partial charge on any atom is -0.544 e. The predicted molar refractivity (Wildman–Crippen MR) is 249 cm³/mol. The third-order valence-electron chi connectivity index (χ3n) is 10.4. The molecule has 0 heterocycles. The zero-order valence-corrected chi connectivity index (χ0v) is 39.1. The molecule has 2 unspecified atom stereocenters. The van der Waals surface area contributed by atoms with Gasteiger partial charge >= 0.3 is 11.9 Å². The highest BCUT2D eigenvalue weighted by atomic mass is 16.6. The summed E-state index contributed by atoms with van der Waals surface area (Å²) in [5, 5.41) is 11.6. The minimum absolute atomic E-state index is 0.0311. The highest BCUT2D eigenvalue weighted by Crippen LogP contribution is 2.15. The Kier molecular flexibility index (Phi) is 40.2. The zero-order valence-electron chi connectivity index (χ0n) is 39.1. The van der Waals surface area contributed by atoms with Gasteiger partial charge in [-0.2, -0.15) is 0 Å². The third-order valence-corrected chi connectivity index (χ3v) is 10.4. The fourth-order valence-electron chi connectivity index (χ4n) is 6.73. The van der Waals surface area contributed by atoms with E-state index < -0.39 is 18.1 Å². The standard InChI is InChI=1S/C52H89NO7/c1-6-8-10-12-14-16-18-20-21-22-23-24-25-26-27-28-29-31-33-35-37-39-41-43-51(55)60-48(46-58-45-44-49(52(56)57)53(3,4)5)47-59-50(54)42-40-38-36-34-32-30-19-17-15-13-11-9-7-2/h8-11,13-17,19-21,48-49H,6-7,12,18,22-47H2,1-5H3/b10-8+,11-9+,15-13+,16-14+,19-17+,21-20+. The Morgan fingerprint density at radius 3 is 1.48 bits per heavy atom. The van der Waals surface area contributed by atoms with Gasteiger partial charge in [-0.15, -0.1) is 0 Å². The summed E-state index contributed by atoms with van der Waals surface area (Å²) in [6, 6.07) is -0.732. The number of carbonyl (C=O) groups is 3. The molecule has 0 aliphatic rings. The highest BCUT2D eigenvalue weighted by molar-refractivity contribution is 5.70. The average Bonchev–Trinajstić information content (AvgIpc) is 3.21. The van der Waals surface area contributed by atoms with E-state index in [-0.39, 0.29) is 42.7 Å². The van der Waals surface area contributed by atoms with Crippen LogP contribution < -0.4 is 5.11 Å². The van der Waals surface area contributed by atoms with Crippen LogP contribution in [0.25, 0.3) is 0 Å². The lowest BCUT2D eigenvalue weighted by Crippen LogP contribution is -2.55. The Morgan fingerprint density at radius 2 is 0.967 bits per heavy atom. The van der Waals surface area contributed by atoms with Gasteiger partial charge in [-0.1, -0.05) is 177 Å². The molecule has 2 atom stereocenters. The van der Waals surface area contributed by atoms with Gasteiger partial charge < -0.3 is 28.6 Å². The number of aliphatic carboxylic acids is 1. The molecule has 0 fully saturated rings. The van der Waals surface area contributed by atoms with Crippen molar-refractivity contribution in [3.8, 4) is 0 Å². The molecule has 0 aliphatic heterocycles. The lowest BCUT2D eigenvalue weighted by atomic mass is 10.0. The number of carbonyl (C=O) groups excluding carboxylic acids is 3. The Balaban J connectivity index is 4.24. The molecule has 8 nitrogen and oxygen atoms in total. The van der Waals surface area contributed by atoms with Crippen LogP contribution in [-0.2, 0) is 28.6 Å². The van der Waals surface area contributed by atoms with Crippen molar-refractivity contribution in [2.45, 2.75) is 199 Å². The van der Waals surface area contributed by atoms with E-state index in [1.54, 1.807) is 21.1 Å². The van der Waals surface area contributed by atoms with E-state index >= 15 is 0 Å². The van der Waals surface area contributed by atoms with Gasteiger partial charge in [-0.25, -0.2) is 0 Å². The summed E-state index contributed by atoms with van der Waals surface area (Å²) in [7, 11) is 5.40. The largest absolute Gasteiger partial charge is 0.544 e. The molecule has 0 saturated heterocycles. The SMILES string of the molecule is CC/C=C/C=C/C=C/CCCCCCCC(=O)OCC(COCCC(C(=O)[O-])[N+](C)(C)C)OC(=O)CCCCCCCCCCCCCCC/C=C/C/C=C/C/C=C/CC. The van der Waals surface area contributed by atoms with Crippen molar-refractivity contribution < 1.29 is 38.2 Å². The number of carboxylic acid groups (broad SMARTS) is 1. The first-order valence-corrected chi connectivity index (χ1v) is 24.0. The van der Waals surface area contributed by atoms with Gasteiger partial charge in [0.15, 0.2) is 6.10 Å². The number of hydrogen-bond acceptors (Lipinski definition) is 7. The van der Waals surface area contributed by atoms with Crippen LogP contribution in [0.2, 0.25) is 0 Å². The Hall–Kier alpha value is -3.23. The lowest BCUT2D eigenvalue weighted by molar-refractivity contribution is -0.889. The van der Waals surface area contributed by atoms with Crippen LogP contribution in [0.15, 0.2) is 72.9 Å². The second-order valence-corrected chi connectivity index (χ2v) is 17.0. The van der Waals surface area contributed by atoms with E-state index in [9.17, 15) is 19.5 Å². The number of rotatable bonds is 42. The van der Waals surface area contributed by atoms with Crippen molar-refractivity contribution in [1.29, 1.82) is 0 Å². The maximum Gasteiger partial charge on any atom is 0.306 e. The molecule has 0 aromatic heterocycles. The summed E-state index contributed by atoms with van der Waals surface area (Å²) in [5.41, 5.74) is 0. The Morgan fingerprint density at radius 1 is 0.517 bits per heavy atom. The van der Waals surface area contributed by atoms with Gasteiger partial charge in [0.1, 0.15) is 12.6 Å². The number of nitrogens with zero attached hydrogens (tertiary/aromatic N) is 1. The molecule has 0 rings (SSSR count). The van der Waals surface area contributed by atoms with E-state index in [1.165, 1.54) is 70.6 Å². The molecule has 0 aromatic carbocycles. The van der Waals surface area contributed by atoms with Gasteiger partial charge in [0.2, 0.25) is 0 Å². The molecular weight excluding hydrogens is 751 g/mol. The smallest absolute Gasteiger partial charge is 0.306 e. The maximum atomic E-state index is 12.8. The molecular formula is C52H89NO7. The second kappa shape index (κ2) is 42.5. The zero-order chi connectivity index (χ0) is 44.2. The lowest BCUT2D eigenvalue weighted by Gasteiger charge is -2.34. The summed E-state index contributed by atoms with van der Waals surface area (Å²) in [5.74, 6) is -1.77. The number of likely N-dealkylation sites (N-methyl/N-ethyl adjacent to an activating group) is 1. The molecule has 0 aromatic rings. The van der Waals surface area contributed by atoms with E-state index in [1.807, 2.05) is 6.08 Å². The monoisotopic (exact) mass is 840 g/mol. The number of hydrogen-bond donors (Lipinski definition) is 0. The summed E-state index contributed by atoms with van der Waals surface area (Å²) in [4.78, 5) is 36.9. The first-order valence-electron chi connectivity index (χ1n) is 24.0. The number of carboxylic acids is 1.